The Kier molecular flexibility index (Phi) is 6.59. The summed E-state index contributed by atoms with van der Waals surface area (Å²) < 4.78 is 38.9. The van der Waals surface area contributed by atoms with Crippen molar-refractivity contribution in [3.05, 3.63) is 41.2 Å². The lowest BCUT2D eigenvalue weighted by Crippen LogP contribution is -2.38. The average Bonchev–Trinajstić information content (AvgIpc) is 3.11. The zero-order valence-corrected chi connectivity index (χ0v) is 17.9. The summed E-state index contributed by atoms with van der Waals surface area (Å²) in [5.74, 6) is 0.289. The third-order valence-corrected chi connectivity index (χ3v) is 6.86. The van der Waals surface area contributed by atoms with Crippen molar-refractivity contribution in [3.8, 4) is 11.4 Å². The largest absolute Gasteiger partial charge is 0.497 e. The molecule has 2 aromatic rings. The molecule has 1 aromatic heterocycles. The molecule has 3 rings (SSSR count). The minimum Gasteiger partial charge on any atom is -0.497 e. The molecular formula is C20H27N3O5S. The molecule has 8 nitrogen and oxygen atoms in total. The summed E-state index contributed by atoms with van der Waals surface area (Å²) in [7, 11) is -1.79. The summed E-state index contributed by atoms with van der Waals surface area (Å²) in [4.78, 5) is 12.5. The number of esters is 1. The number of unbranched alkanes of at least 4 members (excludes halogenated alkanes) is 1. The van der Waals surface area contributed by atoms with Crippen LogP contribution in [0.2, 0.25) is 0 Å². The van der Waals surface area contributed by atoms with E-state index in [9.17, 15) is 13.2 Å². The number of sulfonamides is 1. The number of aromatic nitrogens is 2. The second kappa shape index (κ2) is 8.96. The van der Waals surface area contributed by atoms with Gasteiger partial charge in [-0.1, -0.05) is 13.3 Å². The van der Waals surface area contributed by atoms with Crippen LogP contribution in [0.25, 0.3) is 5.69 Å². The number of carbonyl (C=O) groups excluding carboxylic acids is 1. The molecule has 0 saturated carbocycles. The second-order valence-corrected chi connectivity index (χ2v) is 8.95. The maximum atomic E-state index is 12.7. The molecule has 0 bridgehead atoms. The molecular weight excluding hydrogens is 394 g/mol. The van der Waals surface area contributed by atoms with Gasteiger partial charge in [0.1, 0.15) is 5.75 Å². The van der Waals surface area contributed by atoms with E-state index < -0.39 is 16.0 Å². The molecule has 0 N–H and O–H groups in total. The van der Waals surface area contributed by atoms with E-state index in [2.05, 4.69) is 5.10 Å². The first-order valence-corrected chi connectivity index (χ1v) is 11.4. The monoisotopic (exact) mass is 421 g/mol. The molecule has 1 aliphatic rings. The first-order valence-electron chi connectivity index (χ1n) is 9.81. The molecule has 1 aliphatic heterocycles. The van der Waals surface area contributed by atoms with Gasteiger partial charge in [-0.15, -0.1) is 0 Å². The minimum absolute atomic E-state index is 0.111. The number of hydrogen-bond acceptors (Lipinski definition) is 6. The van der Waals surface area contributed by atoms with Gasteiger partial charge in [-0.25, -0.2) is 17.9 Å². The van der Waals surface area contributed by atoms with E-state index in [0.717, 1.165) is 17.8 Å². The number of carbonyl (C=O) groups is 1. The van der Waals surface area contributed by atoms with Crippen LogP contribution in [0.3, 0.4) is 0 Å². The maximum Gasteiger partial charge on any atom is 0.359 e. The highest BCUT2D eigenvalue weighted by molar-refractivity contribution is 7.89. The molecule has 0 saturated heterocycles. The Bertz CT molecular complexity index is 967. The molecule has 158 valence electrons. The molecule has 9 heteroatoms. The summed E-state index contributed by atoms with van der Waals surface area (Å²) in [6, 6.07) is 7.34. The Labute approximate surface area is 171 Å². The fraction of sp³-hybridized carbons (Fsp3) is 0.500. The predicted molar refractivity (Wildman–Crippen MR) is 109 cm³/mol. The highest BCUT2D eigenvalue weighted by Crippen LogP contribution is 2.28. The third-order valence-electron chi connectivity index (χ3n) is 4.96. The van der Waals surface area contributed by atoms with Crippen molar-refractivity contribution in [2.75, 3.05) is 26.0 Å². The molecule has 0 unspecified atom stereocenters. The zero-order valence-electron chi connectivity index (χ0n) is 17.1. The lowest BCUT2D eigenvalue weighted by atomic mass is 10.1. The van der Waals surface area contributed by atoms with E-state index in [4.69, 9.17) is 9.47 Å². The van der Waals surface area contributed by atoms with Crippen molar-refractivity contribution in [1.82, 2.24) is 14.1 Å². The first-order chi connectivity index (χ1) is 13.9. The minimum atomic E-state index is -3.38. The lowest BCUT2D eigenvalue weighted by Gasteiger charge is -2.27. The van der Waals surface area contributed by atoms with Crippen molar-refractivity contribution >= 4 is 16.0 Å². The van der Waals surface area contributed by atoms with Crippen LogP contribution in [0.5, 0.6) is 5.75 Å². The molecule has 0 fully saturated rings. The molecule has 2 heterocycles. The molecule has 0 radical (unpaired) electrons. The van der Waals surface area contributed by atoms with Gasteiger partial charge in [-0.05, 0) is 37.6 Å². The quantitative estimate of drug-likeness (QED) is 0.609. The number of nitrogens with zero attached hydrogens (tertiary/aromatic N) is 3. The van der Waals surface area contributed by atoms with Crippen molar-refractivity contribution in [2.24, 2.45) is 0 Å². The summed E-state index contributed by atoms with van der Waals surface area (Å²) in [6.45, 7) is 4.41. The van der Waals surface area contributed by atoms with Gasteiger partial charge in [-0.2, -0.15) is 9.40 Å². The number of rotatable bonds is 8. The molecule has 1 aromatic carbocycles. The van der Waals surface area contributed by atoms with Crippen LogP contribution < -0.4 is 4.74 Å². The summed E-state index contributed by atoms with van der Waals surface area (Å²) in [5, 5.41) is 4.49. The first kappa shape index (κ1) is 21.3. The molecule has 0 spiro atoms. The lowest BCUT2D eigenvalue weighted by molar-refractivity contribution is 0.0517. The zero-order chi connectivity index (χ0) is 21.0. The van der Waals surface area contributed by atoms with E-state index >= 15 is 0 Å². The maximum absolute atomic E-state index is 12.7. The van der Waals surface area contributed by atoms with Gasteiger partial charge < -0.3 is 9.47 Å². The van der Waals surface area contributed by atoms with E-state index in [-0.39, 0.29) is 24.6 Å². The highest BCUT2D eigenvalue weighted by Gasteiger charge is 2.33. The van der Waals surface area contributed by atoms with Gasteiger partial charge in [-0.3, -0.25) is 0 Å². The van der Waals surface area contributed by atoms with Crippen molar-refractivity contribution in [1.29, 1.82) is 0 Å². The second-order valence-electron chi connectivity index (χ2n) is 6.86. The Morgan fingerprint density at radius 1 is 1.21 bits per heavy atom. The highest BCUT2D eigenvalue weighted by atomic mass is 32.2. The Hall–Kier alpha value is -2.39. The topological polar surface area (TPSA) is 90.7 Å². The molecule has 0 aliphatic carbocycles. The number of benzene rings is 1. The van der Waals surface area contributed by atoms with Gasteiger partial charge in [0.2, 0.25) is 10.0 Å². The smallest absolute Gasteiger partial charge is 0.359 e. The van der Waals surface area contributed by atoms with Gasteiger partial charge in [0.15, 0.2) is 5.69 Å². The van der Waals surface area contributed by atoms with Gasteiger partial charge >= 0.3 is 5.97 Å². The fourth-order valence-electron chi connectivity index (χ4n) is 3.39. The van der Waals surface area contributed by atoms with E-state index in [1.54, 1.807) is 18.7 Å². The van der Waals surface area contributed by atoms with E-state index in [1.165, 1.54) is 4.31 Å². The predicted octanol–water partition coefficient (Wildman–Crippen LogP) is 2.55. The van der Waals surface area contributed by atoms with Crippen LogP contribution in [0.1, 0.15) is 48.4 Å². The number of hydrogen-bond donors (Lipinski definition) is 0. The molecule has 0 amide bonds. The van der Waals surface area contributed by atoms with E-state index in [0.29, 0.717) is 30.7 Å². The standard InChI is InChI=1S/C20H27N3O5S/c1-4-6-13-29(25,26)22-12-11-18-17(14-22)19(20(24)28-5-2)21-23(18)15-7-9-16(27-3)10-8-15/h7-10H,4-6,11-14H2,1-3H3. The van der Waals surface area contributed by atoms with E-state index in [1.807, 2.05) is 31.2 Å². The number of methoxy groups -OCH3 is 1. The Balaban J connectivity index is 2.00. The van der Waals surface area contributed by atoms with Crippen molar-refractivity contribution in [3.63, 3.8) is 0 Å². The third kappa shape index (κ3) is 4.45. The number of fused-ring (bicyclic) bond motifs is 1. The average molecular weight is 422 g/mol. The molecule has 0 atom stereocenters. The van der Waals surface area contributed by atoms with Gasteiger partial charge in [0.05, 0.1) is 30.9 Å². The van der Waals surface area contributed by atoms with Gasteiger partial charge in [0.25, 0.3) is 0 Å². The summed E-state index contributed by atoms with van der Waals surface area (Å²) >= 11 is 0. The van der Waals surface area contributed by atoms with Crippen molar-refractivity contribution < 1.29 is 22.7 Å². The van der Waals surface area contributed by atoms with Crippen LogP contribution in [-0.4, -0.2) is 54.5 Å². The number of ether oxygens (including phenoxy) is 2. The van der Waals surface area contributed by atoms with Crippen LogP contribution in [-0.2, 0) is 27.7 Å². The van der Waals surface area contributed by atoms with Crippen LogP contribution >= 0.6 is 0 Å². The van der Waals surface area contributed by atoms with Crippen LogP contribution in [0.15, 0.2) is 24.3 Å². The van der Waals surface area contributed by atoms with Crippen molar-refractivity contribution in [2.45, 2.75) is 39.7 Å². The molecule has 29 heavy (non-hydrogen) atoms. The van der Waals surface area contributed by atoms with Crippen LogP contribution in [0.4, 0.5) is 0 Å². The van der Waals surface area contributed by atoms with Crippen LogP contribution in [0, 0.1) is 0 Å². The Morgan fingerprint density at radius 2 is 1.93 bits per heavy atom. The summed E-state index contributed by atoms with van der Waals surface area (Å²) in [6.07, 6.45) is 1.89. The Morgan fingerprint density at radius 3 is 2.55 bits per heavy atom. The SMILES string of the molecule is CCCCS(=O)(=O)N1CCc2c(c(C(=O)OCC)nn2-c2ccc(OC)cc2)C1. The normalized spacial score (nSPS) is 14.4. The summed E-state index contributed by atoms with van der Waals surface area (Å²) in [5.41, 5.74) is 2.40. The fourth-order valence-corrected chi connectivity index (χ4v) is 4.99. The van der Waals surface area contributed by atoms with Gasteiger partial charge in [0, 0.05) is 25.1 Å².